The van der Waals surface area contributed by atoms with Gasteiger partial charge in [-0.05, 0) is 32.6 Å². The predicted molar refractivity (Wildman–Crippen MR) is 57.2 cm³/mol. The molecule has 0 aromatic heterocycles. The lowest BCUT2D eigenvalue weighted by Crippen LogP contribution is -2.45. The molecule has 2 atom stereocenters. The van der Waals surface area contributed by atoms with E-state index in [0.717, 1.165) is 12.8 Å². The minimum absolute atomic E-state index is 0.122. The number of Topliss-reactive ketones (excluding diaryl/α,β-unsaturated/α-hetero) is 1. The fraction of sp³-hybridized carbons (Fsp3) is 0.917. The summed E-state index contributed by atoms with van der Waals surface area (Å²) in [7, 11) is 0. The summed E-state index contributed by atoms with van der Waals surface area (Å²) in [4.78, 5) is 14.4. The first kappa shape index (κ1) is 10.2. The molecule has 2 aliphatic rings. The van der Waals surface area contributed by atoms with Crippen LogP contribution in [0.5, 0.6) is 0 Å². The Morgan fingerprint density at radius 3 is 2.43 bits per heavy atom. The molecule has 0 radical (unpaired) electrons. The van der Waals surface area contributed by atoms with Crippen LogP contribution >= 0.6 is 0 Å². The van der Waals surface area contributed by atoms with Gasteiger partial charge in [-0.1, -0.05) is 6.92 Å². The molecule has 0 aromatic carbocycles. The van der Waals surface area contributed by atoms with Crippen molar-refractivity contribution in [1.82, 2.24) is 4.90 Å². The van der Waals surface area contributed by atoms with Gasteiger partial charge in [-0.15, -0.1) is 0 Å². The second-order valence-corrected chi connectivity index (χ2v) is 5.55. The van der Waals surface area contributed by atoms with Gasteiger partial charge in [-0.2, -0.15) is 0 Å². The Morgan fingerprint density at radius 1 is 1.29 bits per heavy atom. The highest BCUT2D eigenvalue weighted by Crippen LogP contribution is 2.38. The van der Waals surface area contributed by atoms with Crippen LogP contribution in [0.25, 0.3) is 0 Å². The smallest absolute Gasteiger partial charge is 0.138 e. The molecule has 1 heterocycles. The third kappa shape index (κ3) is 1.72. The maximum Gasteiger partial charge on any atom is 0.138 e. The van der Waals surface area contributed by atoms with Gasteiger partial charge in [-0.3, -0.25) is 9.69 Å². The van der Waals surface area contributed by atoms with Crippen LogP contribution in [0.4, 0.5) is 0 Å². The van der Waals surface area contributed by atoms with Crippen molar-refractivity contribution in [2.24, 2.45) is 11.8 Å². The van der Waals surface area contributed by atoms with Gasteiger partial charge >= 0.3 is 0 Å². The quantitative estimate of drug-likeness (QED) is 0.629. The van der Waals surface area contributed by atoms with Crippen molar-refractivity contribution < 1.29 is 4.79 Å². The Kier molecular flexibility index (Phi) is 2.42. The molecule has 0 amide bonds. The molecule has 2 fully saturated rings. The molecule has 1 aliphatic heterocycles. The van der Waals surface area contributed by atoms with Gasteiger partial charge in [0.1, 0.15) is 5.78 Å². The van der Waals surface area contributed by atoms with Crippen molar-refractivity contribution in [3.8, 4) is 0 Å². The molecule has 2 heteroatoms. The summed E-state index contributed by atoms with van der Waals surface area (Å²) in [6.45, 7) is 9.04. The molecular weight excluding hydrogens is 174 g/mol. The minimum atomic E-state index is 0.122. The van der Waals surface area contributed by atoms with Crippen molar-refractivity contribution >= 4 is 5.78 Å². The van der Waals surface area contributed by atoms with Gasteiger partial charge in [0.05, 0.1) is 0 Å². The summed E-state index contributed by atoms with van der Waals surface area (Å²) in [6.07, 6.45) is 3.14. The summed E-state index contributed by atoms with van der Waals surface area (Å²) in [5.74, 6) is 1.41. The average molecular weight is 195 g/mol. The molecule has 2 nitrogen and oxygen atoms in total. The third-order valence-electron chi connectivity index (χ3n) is 4.00. The maximum absolute atomic E-state index is 12.0. The van der Waals surface area contributed by atoms with Crippen molar-refractivity contribution in [3.05, 3.63) is 0 Å². The molecule has 1 aliphatic carbocycles. The molecule has 1 saturated heterocycles. The number of hydrogen-bond donors (Lipinski definition) is 0. The zero-order valence-electron chi connectivity index (χ0n) is 9.55. The Labute approximate surface area is 86.7 Å². The van der Waals surface area contributed by atoms with E-state index in [1.165, 1.54) is 19.5 Å². The number of carbonyl (C=O) groups excluding carboxylic acids is 1. The molecule has 2 rings (SSSR count). The van der Waals surface area contributed by atoms with Crippen LogP contribution in [-0.4, -0.2) is 29.3 Å². The monoisotopic (exact) mass is 195 g/mol. The maximum atomic E-state index is 12.0. The van der Waals surface area contributed by atoms with Crippen LogP contribution < -0.4 is 0 Å². The molecule has 14 heavy (non-hydrogen) atoms. The van der Waals surface area contributed by atoms with Crippen LogP contribution in [0.1, 0.15) is 40.0 Å². The van der Waals surface area contributed by atoms with Crippen molar-refractivity contribution in [2.45, 2.75) is 45.6 Å². The number of rotatable bonds is 2. The highest BCUT2D eigenvalue weighted by atomic mass is 16.1. The van der Waals surface area contributed by atoms with Gasteiger partial charge < -0.3 is 0 Å². The molecule has 80 valence electrons. The highest BCUT2D eigenvalue weighted by Gasteiger charge is 2.45. The van der Waals surface area contributed by atoms with E-state index in [-0.39, 0.29) is 5.54 Å². The first-order chi connectivity index (χ1) is 6.51. The van der Waals surface area contributed by atoms with Crippen molar-refractivity contribution in [2.75, 3.05) is 13.1 Å². The van der Waals surface area contributed by atoms with Gasteiger partial charge in [0.2, 0.25) is 0 Å². The normalized spacial score (nSPS) is 34.6. The van der Waals surface area contributed by atoms with Crippen molar-refractivity contribution in [3.63, 3.8) is 0 Å². The summed E-state index contributed by atoms with van der Waals surface area (Å²) >= 11 is 0. The van der Waals surface area contributed by atoms with Gasteiger partial charge in [-0.25, -0.2) is 0 Å². The second kappa shape index (κ2) is 3.34. The molecule has 0 bridgehead atoms. The number of hydrogen-bond acceptors (Lipinski definition) is 2. The van der Waals surface area contributed by atoms with E-state index in [1.807, 2.05) is 0 Å². The van der Waals surface area contributed by atoms with E-state index in [2.05, 4.69) is 25.7 Å². The topological polar surface area (TPSA) is 20.1 Å². The standard InChI is InChI=1S/C12H21NO/c1-9-4-5-10(11(14)8-9)12(2,3)13-6-7-13/h9-10H,4-8H2,1-3H3/t9-,10+/m0/s1. The van der Waals surface area contributed by atoms with E-state index in [9.17, 15) is 4.79 Å². The minimum Gasteiger partial charge on any atom is -0.299 e. The summed E-state index contributed by atoms with van der Waals surface area (Å²) in [6, 6.07) is 0. The Balaban J connectivity index is 2.06. The number of nitrogens with zero attached hydrogens (tertiary/aromatic N) is 1. The van der Waals surface area contributed by atoms with E-state index in [1.54, 1.807) is 0 Å². The lowest BCUT2D eigenvalue weighted by atomic mass is 9.73. The second-order valence-electron chi connectivity index (χ2n) is 5.55. The van der Waals surface area contributed by atoms with E-state index >= 15 is 0 Å². The van der Waals surface area contributed by atoms with Gasteiger partial charge in [0.25, 0.3) is 0 Å². The largest absolute Gasteiger partial charge is 0.299 e. The zero-order valence-corrected chi connectivity index (χ0v) is 9.55. The van der Waals surface area contributed by atoms with Crippen LogP contribution in [0.15, 0.2) is 0 Å². The molecule has 0 N–H and O–H groups in total. The zero-order chi connectivity index (χ0) is 10.3. The molecule has 0 aromatic rings. The summed E-state index contributed by atoms with van der Waals surface area (Å²) in [5.41, 5.74) is 0.122. The highest BCUT2D eigenvalue weighted by molar-refractivity contribution is 5.83. The van der Waals surface area contributed by atoms with Crippen LogP contribution in [0, 0.1) is 11.8 Å². The first-order valence-corrected chi connectivity index (χ1v) is 5.79. The number of carbonyl (C=O) groups is 1. The summed E-state index contributed by atoms with van der Waals surface area (Å²) in [5, 5.41) is 0. The van der Waals surface area contributed by atoms with Gasteiger partial charge in [0, 0.05) is 31.0 Å². The van der Waals surface area contributed by atoms with Crippen LogP contribution in [-0.2, 0) is 4.79 Å². The summed E-state index contributed by atoms with van der Waals surface area (Å²) < 4.78 is 0. The molecule has 0 unspecified atom stereocenters. The Hall–Kier alpha value is -0.370. The Morgan fingerprint density at radius 2 is 1.93 bits per heavy atom. The van der Waals surface area contributed by atoms with Gasteiger partial charge in [0.15, 0.2) is 0 Å². The van der Waals surface area contributed by atoms with E-state index < -0.39 is 0 Å². The van der Waals surface area contributed by atoms with E-state index in [0.29, 0.717) is 17.6 Å². The fourth-order valence-electron chi connectivity index (χ4n) is 2.79. The number of ketones is 1. The van der Waals surface area contributed by atoms with Crippen LogP contribution in [0.2, 0.25) is 0 Å². The lowest BCUT2D eigenvalue weighted by molar-refractivity contribution is -0.129. The third-order valence-corrected chi connectivity index (χ3v) is 4.00. The van der Waals surface area contributed by atoms with E-state index in [4.69, 9.17) is 0 Å². The lowest BCUT2D eigenvalue weighted by Gasteiger charge is -2.38. The molecule has 0 spiro atoms. The predicted octanol–water partition coefficient (Wildman–Crippen LogP) is 2.09. The Bertz CT molecular complexity index is 243. The van der Waals surface area contributed by atoms with Crippen molar-refractivity contribution in [1.29, 1.82) is 0 Å². The van der Waals surface area contributed by atoms with Crippen LogP contribution in [0.3, 0.4) is 0 Å². The molecular formula is C12H21NO. The first-order valence-electron chi connectivity index (χ1n) is 5.79. The SMILES string of the molecule is C[C@H]1CC[C@@H](C(C)(C)N2CC2)C(=O)C1. The fourth-order valence-corrected chi connectivity index (χ4v) is 2.79. The average Bonchev–Trinajstić information content (AvgIpc) is 2.84. The molecule has 1 saturated carbocycles.